The number of aromatic hydroxyl groups is 2. The maximum absolute atomic E-state index is 13.0. The summed E-state index contributed by atoms with van der Waals surface area (Å²) in [5.74, 6) is -0.773. The molecule has 5 N–H and O–H groups in total. The van der Waals surface area contributed by atoms with Crippen molar-refractivity contribution in [2.24, 2.45) is 5.73 Å². The van der Waals surface area contributed by atoms with Crippen molar-refractivity contribution < 1.29 is 19.8 Å². The third-order valence-corrected chi connectivity index (χ3v) is 4.91. The summed E-state index contributed by atoms with van der Waals surface area (Å²) in [5, 5.41) is 22.9. The number of rotatable bonds is 5. The highest BCUT2D eigenvalue weighted by Gasteiger charge is 2.27. The highest BCUT2D eigenvalue weighted by molar-refractivity contribution is 5.98. The Labute approximate surface area is 163 Å². The number of hydrogen-bond acceptors (Lipinski definition) is 5. The van der Waals surface area contributed by atoms with Crippen molar-refractivity contribution in [3.05, 3.63) is 58.1 Å². The number of nitrogens with one attached hydrogen (secondary N) is 1. The maximum Gasteiger partial charge on any atom is 0.258 e. The van der Waals surface area contributed by atoms with Crippen molar-refractivity contribution in [3.8, 4) is 11.5 Å². The number of nitrogens with zero attached hydrogens (tertiary/aromatic N) is 1. The molecule has 1 aliphatic rings. The molecule has 28 heavy (non-hydrogen) atoms. The van der Waals surface area contributed by atoms with Gasteiger partial charge in [0.2, 0.25) is 0 Å². The average Bonchev–Trinajstić information content (AvgIpc) is 3.08. The van der Waals surface area contributed by atoms with Gasteiger partial charge in [-0.25, -0.2) is 0 Å². The maximum atomic E-state index is 13.0. The number of amides is 2. The quantitative estimate of drug-likeness (QED) is 0.631. The number of phenolic OH excluding ortho intramolecular Hbond substituents is 2. The molecule has 7 heteroatoms. The van der Waals surface area contributed by atoms with Crippen LogP contribution in [0.25, 0.3) is 0 Å². The monoisotopic (exact) mass is 383 g/mol. The minimum Gasteiger partial charge on any atom is -0.508 e. The van der Waals surface area contributed by atoms with Crippen molar-refractivity contribution in [3.63, 3.8) is 0 Å². The zero-order valence-corrected chi connectivity index (χ0v) is 16.0. The summed E-state index contributed by atoms with van der Waals surface area (Å²) in [6, 6.07) is 8.12. The normalized spacial score (nSPS) is 12.9. The van der Waals surface area contributed by atoms with Gasteiger partial charge in [-0.2, -0.15) is 0 Å². The Morgan fingerprint density at radius 3 is 2.50 bits per heavy atom. The van der Waals surface area contributed by atoms with Gasteiger partial charge in [-0.1, -0.05) is 19.9 Å². The van der Waals surface area contributed by atoms with E-state index < -0.39 is 0 Å². The lowest BCUT2D eigenvalue weighted by Crippen LogP contribution is -2.29. The van der Waals surface area contributed by atoms with Crippen LogP contribution < -0.4 is 11.1 Å². The van der Waals surface area contributed by atoms with Gasteiger partial charge in [-0.05, 0) is 40.8 Å². The van der Waals surface area contributed by atoms with Crippen LogP contribution in [0.3, 0.4) is 0 Å². The Hall–Kier alpha value is -3.06. The van der Waals surface area contributed by atoms with Crippen LogP contribution in [-0.2, 0) is 13.1 Å². The first-order valence-corrected chi connectivity index (χ1v) is 9.27. The molecule has 2 aromatic carbocycles. The summed E-state index contributed by atoms with van der Waals surface area (Å²) >= 11 is 0. The van der Waals surface area contributed by atoms with Crippen LogP contribution in [-0.4, -0.2) is 40.0 Å². The van der Waals surface area contributed by atoms with Gasteiger partial charge < -0.3 is 26.2 Å². The van der Waals surface area contributed by atoms with Crippen LogP contribution in [0.15, 0.2) is 30.3 Å². The molecule has 0 saturated heterocycles. The molecule has 0 saturated carbocycles. The molecule has 148 valence electrons. The fourth-order valence-corrected chi connectivity index (χ4v) is 3.37. The Morgan fingerprint density at radius 1 is 1.11 bits per heavy atom. The predicted molar refractivity (Wildman–Crippen MR) is 105 cm³/mol. The van der Waals surface area contributed by atoms with Crippen LogP contribution in [0.2, 0.25) is 0 Å². The molecule has 0 radical (unpaired) electrons. The predicted octanol–water partition coefficient (Wildman–Crippen LogP) is 2.07. The van der Waals surface area contributed by atoms with Crippen LogP contribution in [0, 0.1) is 0 Å². The van der Waals surface area contributed by atoms with E-state index in [1.807, 2.05) is 19.9 Å². The molecule has 0 aromatic heterocycles. The van der Waals surface area contributed by atoms with Crippen molar-refractivity contribution in [1.29, 1.82) is 0 Å². The van der Waals surface area contributed by atoms with Gasteiger partial charge in [0.15, 0.2) is 0 Å². The molecule has 0 spiro atoms. The van der Waals surface area contributed by atoms with Crippen LogP contribution in [0.5, 0.6) is 11.5 Å². The zero-order chi connectivity index (χ0) is 20.4. The molecule has 3 rings (SSSR count). The van der Waals surface area contributed by atoms with Crippen molar-refractivity contribution in [2.45, 2.75) is 32.9 Å². The number of hydrogen-bond donors (Lipinski definition) is 4. The number of carbonyl (C=O) groups is 2. The van der Waals surface area contributed by atoms with Gasteiger partial charge in [0.25, 0.3) is 11.8 Å². The molecule has 2 aromatic rings. The summed E-state index contributed by atoms with van der Waals surface area (Å²) < 4.78 is 0. The fraction of sp³-hybridized carbons (Fsp3) is 0.333. The first kappa shape index (κ1) is 19.7. The molecular formula is C21H25N3O4. The first-order chi connectivity index (χ1) is 13.3. The first-order valence-electron chi connectivity index (χ1n) is 9.27. The number of carbonyl (C=O) groups excluding carboxylic acids is 2. The van der Waals surface area contributed by atoms with Crippen molar-refractivity contribution >= 4 is 11.8 Å². The minimum absolute atomic E-state index is 0.0116. The van der Waals surface area contributed by atoms with E-state index in [1.54, 1.807) is 23.1 Å². The van der Waals surface area contributed by atoms with E-state index in [0.717, 1.165) is 11.1 Å². The lowest BCUT2D eigenvalue weighted by Gasteiger charge is -2.18. The summed E-state index contributed by atoms with van der Waals surface area (Å²) in [7, 11) is 0. The van der Waals surface area contributed by atoms with E-state index in [0.29, 0.717) is 37.3 Å². The fourth-order valence-electron chi connectivity index (χ4n) is 3.37. The molecule has 7 nitrogen and oxygen atoms in total. The summed E-state index contributed by atoms with van der Waals surface area (Å²) in [6.07, 6.45) is 0. The van der Waals surface area contributed by atoms with Crippen molar-refractivity contribution in [1.82, 2.24) is 10.2 Å². The van der Waals surface area contributed by atoms with Gasteiger partial charge >= 0.3 is 0 Å². The smallest absolute Gasteiger partial charge is 0.258 e. The Bertz CT molecular complexity index is 924. The SMILES string of the molecule is CC(C)c1cc(C(=O)N2Cc3ccc(C(=O)NCCN)cc3C2)c(O)cc1O. The summed E-state index contributed by atoms with van der Waals surface area (Å²) in [5.41, 5.74) is 8.57. The van der Waals surface area contributed by atoms with E-state index in [2.05, 4.69) is 5.32 Å². The number of fused-ring (bicyclic) bond motifs is 1. The average molecular weight is 383 g/mol. The largest absolute Gasteiger partial charge is 0.508 e. The minimum atomic E-state index is -0.315. The second-order valence-electron chi connectivity index (χ2n) is 7.27. The van der Waals surface area contributed by atoms with Crippen LogP contribution in [0.4, 0.5) is 0 Å². The van der Waals surface area contributed by atoms with E-state index in [1.165, 1.54) is 6.07 Å². The van der Waals surface area contributed by atoms with Gasteiger partial charge in [0.1, 0.15) is 11.5 Å². The Morgan fingerprint density at radius 2 is 1.82 bits per heavy atom. The zero-order valence-electron chi connectivity index (χ0n) is 16.0. The summed E-state index contributed by atoms with van der Waals surface area (Å²) in [6.45, 7) is 5.33. The number of phenols is 2. The van der Waals surface area contributed by atoms with Gasteiger partial charge in [-0.3, -0.25) is 9.59 Å². The standard InChI is InChI=1S/C21H25N3O4/c1-12(2)16-8-17(19(26)9-18(16)25)21(28)24-10-14-4-3-13(7-15(14)11-24)20(27)23-6-5-22/h3-4,7-9,12,25-26H,5-6,10-11,22H2,1-2H3,(H,23,27). The van der Waals surface area contributed by atoms with E-state index in [-0.39, 0.29) is 34.8 Å². The van der Waals surface area contributed by atoms with Gasteiger partial charge in [-0.15, -0.1) is 0 Å². The van der Waals surface area contributed by atoms with E-state index in [9.17, 15) is 19.8 Å². The lowest BCUT2D eigenvalue weighted by atomic mass is 9.98. The third kappa shape index (κ3) is 3.80. The van der Waals surface area contributed by atoms with E-state index >= 15 is 0 Å². The van der Waals surface area contributed by atoms with Gasteiger partial charge in [0, 0.05) is 37.8 Å². The molecule has 2 amide bonds. The topological polar surface area (TPSA) is 116 Å². The second kappa shape index (κ2) is 7.90. The number of benzene rings is 2. The second-order valence-corrected chi connectivity index (χ2v) is 7.27. The highest BCUT2D eigenvalue weighted by atomic mass is 16.3. The van der Waals surface area contributed by atoms with Crippen LogP contribution in [0.1, 0.15) is 57.2 Å². The van der Waals surface area contributed by atoms with E-state index in [4.69, 9.17) is 5.73 Å². The summed E-state index contributed by atoms with van der Waals surface area (Å²) in [4.78, 5) is 26.7. The number of nitrogens with two attached hydrogens (primary N) is 1. The molecule has 0 fully saturated rings. The molecule has 0 aliphatic carbocycles. The molecule has 0 bridgehead atoms. The molecular weight excluding hydrogens is 358 g/mol. The van der Waals surface area contributed by atoms with Crippen molar-refractivity contribution in [2.75, 3.05) is 13.1 Å². The third-order valence-electron chi connectivity index (χ3n) is 4.91. The lowest BCUT2D eigenvalue weighted by molar-refractivity contribution is 0.0748. The van der Waals surface area contributed by atoms with Gasteiger partial charge in [0.05, 0.1) is 5.56 Å². The van der Waals surface area contributed by atoms with Crippen LogP contribution >= 0.6 is 0 Å². The molecule has 0 atom stereocenters. The highest BCUT2D eigenvalue weighted by Crippen LogP contribution is 2.34. The Balaban J connectivity index is 1.81. The molecule has 0 unspecified atom stereocenters. The molecule has 1 aliphatic heterocycles. The Kier molecular flexibility index (Phi) is 5.56. The molecule has 1 heterocycles.